The zero-order chi connectivity index (χ0) is 23.5. The smallest absolute Gasteiger partial charge is 0.284 e. The summed E-state index contributed by atoms with van der Waals surface area (Å²) in [6.45, 7) is 4.71. The second kappa shape index (κ2) is 9.86. The first kappa shape index (κ1) is 23.2. The first-order valence-corrected chi connectivity index (χ1v) is 11.8. The molecule has 174 valence electrons. The van der Waals surface area contributed by atoms with E-state index in [9.17, 15) is 14.7 Å². The Balaban J connectivity index is 1.72. The number of hydrogen-bond donors (Lipinski definition) is 3. The van der Waals surface area contributed by atoms with Crippen molar-refractivity contribution in [3.63, 3.8) is 0 Å². The number of aliphatic hydroxyl groups excluding tert-OH is 1. The van der Waals surface area contributed by atoms with E-state index in [2.05, 4.69) is 15.6 Å². The second-order valence-electron chi connectivity index (χ2n) is 8.30. The lowest BCUT2D eigenvalue weighted by molar-refractivity contribution is 0.0417. The minimum Gasteiger partial charge on any atom is -0.486 e. The van der Waals surface area contributed by atoms with Crippen molar-refractivity contribution in [2.45, 2.75) is 26.0 Å². The van der Waals surface area contributed by atoms with E-state index in [0.717, 1.165) is 10.2 Å². The number of amides is 2. The number of ether oxygens (including phenoxy) is 1. The number of carbonyl (C=O) groups is 2. The Kier molecular flexibility index (Phi) is 6.92. The molecule has 2 amide bonds. The summed E-state index contributed by atoms with van der Waals surface area (Å²) < 4.78 is 7.27. The summed E-state index contributed by atoms with van der Waals surface area (Å²) >= 11 is 1.31. The van der Waals surface area contributed by atoms with E-state index in [1.165, 1.54) is 11.3 Å². The monoisotopic (exact) mass is 468 g/mol. The van der Waals surface area contributed by atoms with Gasteiger partial charge in [-0.15, -0.1) is 11.3 Å². The third-order valence-corrected chi connectivity index (χ3v) is 6.87. The van der Waals surface area contributed by atoms with Crippen LogP contribution in [0.2, 0.25) is 0 Å². The SMILES string of the molecule is CNC[C@H]1Oc2c(NC(=O)c3nc4ccccc4s3)cccc2C(=O)N([C@@H](C)CO)C[C@H]1C. The van der Waals surface area contributed by atoms with Crippen molar-refractivity contribution < 1.29 is 19.4 Å². The molecule has 4 rings (SSSR count). The third-order valence-electron chi connectivity index (χ3n) is 5.83. The predicted octanol–water partition coefficient (Wildman–Crippen LogP) is 2.99. The highest BCUT2D eigenvalue weighted by molar-refractivity contribution is 7.20. The van der Waals surface area contributed by atoms with E-state index in [1.807, 2.05) is 45.2 Å². The molecule has 0 saturated heterocycles. The summed E-state index contributed by atoms with van der Waals surface area (Å²) in [5, 5.41) is 16.1. The van der Waals surface area contributed by atoms with Gasteiger partial charge in [0.25, 0.3) is 11.8 Å². The van der Waals surface area contributed by atoms with E-state index in [0.29, 0.717) is 35.1 Å². The number of likely N-dealkylation sites (N-methyl/N-ethyl adjacent to an activating group) is 1. The number of benzene rings is 2. The van der Waals surface area contributed by atoms with E-state index in [1.54, 1.807) is 23.1 Å². The molecule has 0 spiro atoms. The van der Waals surface area contributed by atoms with Crippen LogP contribution in [0.1, 0.15) is 34.0 Å². The van der Waals surface area contributed by atoms with Gasteiger partial charge in [-0.25, -0.2) is 4.98 Å². The van der Waals surface area contributed by atoms with Crippen LogP contribution in [0, 0.1) is 5.92 Å². The number of para-hydroxylation sites is 2. The van der Waals surface area contributed by atoms with Gasteiger partial charge in [0.05, 0.1) is 34.1 Å². The average molecular weight is 469 g/mol. The normalized spacial score (nSPS) is 19.4. The van der Waals surface area contributed by atoms with Gasteiger partial charge in [0.2, 0.25) is 0 Å². The van der Waals surface area contributed by atoms with Crippen LogP contribution >= 0.6 is 11.3 Å². The molecule has 33 heavy (non-hydrogen) atoms. The molecule has 2 heterocycles. The van der Waals surface area contributed by atoms with Crippen LogP contribution in [0.15, 0.2) is 42.5 Å². The number of fused-ring (bicyclic) bond motifs is 2. The molecular formula is C24H28N4O4S. The molecule has 1 aliphatic heterocycles. The van der Waals surface area contributed by atoms with Crippen molar-refractivity contribution in [1.29, 1.82) is 0 Å². The minimum absolute atomic E-state index is 0.00318. The molecular weight excluding hydrogens is 440 g/mol. The highest BCUT2D eigenvalue weighted by Gasteiger charge is 2.34. The van der Waals surface area contributed by atoms with E-state index in [-0.39, 0.29) is 36.5 Å². The molecule has 3 N–H and O–H groups in total. The number of nitrogens with one attached hydrogen (secondary N) is 2. The van der Waals surface area contributed by atoms with Gasteiger partial charge in [0.15, 0.2) is 10.8 Å². The van der Waals surface area contributed by atoms with Gasteiger partial charge in [-0.05, 0) is 38.2 Å². The van der Waals surface area contributed by atoms with E-state index in [4.69, 9.17) is 4.74 Å². The maximum Gasteiger partial charge on any atom is 0.284 e. The third kappa shape index (κ3) is 4.71. The first-order chi connectivity index (χ1) is 15.9. The summed E-state index contributed by atoms with van der Waals surface area (Å²) in [5.74, 6) is -0.269. The standard InChI is InChI=1S/C24H28N4O4S/c1-14-12-28(15(2)13-29)24(31)16-7-6-9-18(21(16)32-19(14)11-25-3)26-22(30)23-27-17-8-4-5-10-20(17)33-23/h4-10,14-15,19,25,29H,11-13H2,1-3H3,(H,26,30)/t14-,15+,19-/m1/s1. The van der Waals surface area contributed by atoms with Gasteiger partial charge in [0.1, 0.15) is 6.10 Å². The number of carbonyl (C=O) groups excluding carboxylic acids is 2. The van der Waals surface area contributed by atoms with Crippen molar-refractivity contribution >= 4 is 39.1 Å². The summed E-state index contributed by atoms with van der Waals surface area (Å²) in [4.78, 5) is 32.6. The second-order valence-corrected chi connectivity index (χ2v) is 9.33. The van der Waals surface area contributed by atoms with Crippen molar-refractivity contribution in [2.75, 3.05) is 32.1 Å². The first-order valence-electron chi connectivity index (χ1n) is 11.0. The van der Waals surface area contributed by atoms with Gasteiger partial charge in [0, 0.05) is 19.0 Å². The van der Waals surface area contributed by atoms with Gasteiger partial charge in [-0.3, -0.25) is 9.59 Å². The predicted molar refractivity (Wildman–Crippen MR) is 129 cm³/mol. The van der Waals surface area contributed by atoms with E-state index >= 15 is 0 Å². The molecule has 0 aliphatic carbocycles. The fourth-order valence-corrected chi connectivity index (χ4v) is 4.79. The summed E-state index contributed by atoms with van der Waals surface area (Å²) in [6.07, 6.45) is -0.240. The fourth-order valence-electron chi connectivity index (χ4n) is 3.93. The fraction of sp³-hybridized carbons (Fsp3) is 0.375. The zero-order valence-electron chi connectivity index (χ0n) is 18.9. The number of anilines is 1. The number of aromatic nitrogens is 1. The van der Waals surface area contributed by atoms with Crippen molar-refractivity contribution in [3.05, 3.63) is 53.0 Å². The topological polar surface area (TPSA) is 104 Å². The number of thiazole rings is 1. The Bertz CT molecular complexity index is 1130. The van der Waals surface area contributed by atoms with Crippen molar-refractivity contribution in [2.24, 2.45) is 5.92 Å². The quantitative estimate of drug-likeness (QED) is 0.514. The maximum atomic E-state index is 13.4. The highest BCUT2D eigenvalue weighted by Crippen LogP contribution is 2.35. The Morgan fingerprint density at radius 2 is 2.09 bits per heavy atom. The number of hydrogen-bond acceptors (Lipinski definition) is 7. The lowest BCUT2D eigenvalue weighted by atomic mass is 9.99. The Labute approximate surface area is 196 Å². The van der Waals surface area contributed by atoms with Gasteiger partial charge < -0.3 is 25.4 Å². The maximum absolute atomic E-state index is 13.4. The summed E-state index contributed by atoms with van der Waals surface area (Å²) in [7, 11) is 1.84. The van der Waals surface area contributed by atoms with Crippen molar-refractivity contribution in [1.82, 2.24) is 15.2 Å². The van der Waals surface area contributed by atoms with Crippen molar-refractivity contribution in [3.8, 4) is 5.75 Å². The van der Waals surface area contributed by atoms with Gasteiger partial charge >= 0.3 is 0 Å². The Morgan fingerprint density at radius 1 is 1.30 bits per heavy atom. The number of aliphatic hydroxyl groups is 1. The lowest BCUT2D eigenvalue weighted by Crippen LogP contribution is -2.49. The number of rotatable bonds is 6. The molecule has 1 aliphatic rings. The van der Waals surface area contributed by atoms with Crippen LogP contribution in [-0.4, -0.2) is 65.7 Å². The molecule has 0 saturated carbocycles. The van der Waals surface area contributed by atoms with Crippen LogP contribution in [0.5, 0.6) is 5.75 Å². The van der Waals surface area contributed by atoms with Crippen LogP contribution in [0.3, 0.4) is 0 Å². The molecule has 1 aromatic heterocycles. The van der Waals surface area contributed by atoms with Gasteiger partial charge in [-0.1, -0.05) is 25.1 Å². The van der Waals surface area contributed by atoms with Crippen LogP contribution in [0.25, 0.3) is 10.2 Å². The lowest BCUT2D eigenvalue weighted by Gasteiger charge is -2.37. The number of nitrogens with zero attached hydrogens (tertiary/aromatic N) is 2. The molecule has 0 unspecified atom stereocenters. The summed E-state index contributed by atoms with van der Waals surface area (Å²) in [5.41, 5.74) is 1.53. The Hall–Kier alpha value is -3.01. The van der Waals surface area contributed by atoms with Crippen LogP contribution in [-0.2, 0) is 0 Å². The molecule has 8 nitrogen and oxygen atoms in total. The van der Waals surface area contributed by atoms with E-state index < -0.39 is 0 Å². The molecule has 3 atom stereocenters. The molecule has 3 aromatic rings. The van der Waals surface area contributed by atoms with Crippen LogP contribution < -0.4 is 15.4 Å². The molecule has 0 bridgehead atoms. The highest BCUT2D eigenvalue weighted by atomic mass is 32.1. The minimum atomic E-state index is -0.360. The average Bonchev–Trinajstić information content (AvgIpc) is 3.26. The molecule has 2 aromatic carbocycles. The molecule has 0 radical (unpaired) electrons. The van der Waals surface area contributed by atoms with Gasteiger partial charge in [-0.2, -0.15) is 0 Å². The Morgan fingerprint density at radius 3 is 2.82 bits per heavy atom. The molecule has 0 fully saturated rings. The zero-order valence-corrected chi connectivity index (χ0v) is 19.7. The largest absolute Gasteiger partial charge is 0.486 e. The van der Waals surface area contributed by atoms with Crippen LogP contribution in [0.4, 0.5) is 5.69 Å². The summed E-state index contributed by atoms with van der Waals surface area (Å²) in [6, 6.07) is 12.4. The molecule has 9 heteroatoms.